The van der Waals surface area contributed by atoms with E-state index >= 15 is 0 Å². The molecule has 2 aliphatic rings. The first-order valence-corrected chi connectivity index (χ1v) is 10.8. The molecule has 9 nitrogen and oxygen atoms in total. The van der Waals surface area contributed by atoms with Gasteiger partial charge >= 0.3 is 12.0 Å². The van der Waals surface area contributed by atoms with E-state index < -0.39 is 18.0 Å². The van der Waals surface area contributed by atoms with Gasteiger partial charge in [-0.1, -0.05) is 17.8 Å². The molecule has 0 saturated heterocycles. The molecule has 4 rings (SSSR count). The Hall–Kier alpha value is -3.01. The second kappa shape index (κ2) is 8.78. The maximum absolute atomic E-state index is 12.7. The minimum atomic E-state index is -0.725. The van der Waals surface area contributed by atoms with Crippen LogP contribution in [0.4, 0.5) is 4.79 Å². The summed E-state index contributed by atoms with van der Waals surface area (Å²) in [5.41, 5.74) is 0.779. The van der Waals surface area contributed by atoms with Crippen molar-refractivity contribution in [2.45, 2.75) is 43.4 Å². The summed E-state index contributed by atoms with van der Waals surface area (Å²) < 4.78 is 12.7. The minimum Gasteiger partial charge on any atom is -0.467 e. The molecule has 2 amide bonds. The molecule has 0 spiro atoms. The van der Waals surface area contributed by atoms with Crippen LogP contribution in [0.25, 0.3) is 0 Å². The molecule has 1 saturated carbocycles. The molecular formula is C20H23N5O4S. The fraction of sp³-hybridized carbons (Fsp3) is 0.400. The Morgan fingerprint density at radius 2 is 2.30 bits per heavy atom. The molecule has 1 unspecified atom stereocenters. The van der Waals surface area contributed by atoms with Gasteiger partial charge in [0.25, 0.3) is 0 Å². The summed E-state index contributed by atoms with van der Waals surface area (Å²) in [5.74, 6) is 1.68. The van der Waals surface area contributed by atoms with E-state index in [2.05, 4.69) is 27.4 Å². The van der Waals surface area contributed by atoms with Gasteiger partial charge in [-0.25, -0.2) is 9.59 Å². The zero-order valence-electron chi connectivity index (χ0n) is 16.6. The van der Waals surface area contributed by atoms with Gasteiger partial charge in [-0.2, -0.15) is 0 Å². The van der Waals surface area contributed by atoms with Crippen LogP contribution in [0.15, 0.2) is 51.9 Å². The van der Waals surface area contributed by atoms with Crippen molar-refractivity contribution in [3.8, 4) is 0 Å². The first-order valence-electron chi connectivity index (χ1n) is 9.80. The van der Waals surface area contributed by atoms with E-state index in [4.69, 9.17) is 9.15 Å². The number of amides is 2. The Labute approximate surface area is 177 Å². The fourth-order valence-electron chi connectivity index (χ4n) is 3.34. The molecule has 0 bridgehead atoms. The van der Waals surface area contributed by atoms with E-state index in [1.165, 1.54) is 18.0 Å². The maximum Gasteiger partial charge on any atom is 0.338 e. The summed E-state index contributed by atoms with van der Waals surface area (Å²) in [6.07, 6.45) is 5.54. The molecule has 2 aromatic heterocycles. The molecule has 30 heavy (non-hydrogen) atoms. The van der Waals surface area contributed by atoms with Gasteiger partial charge < -0.3 is 24.4 Å². The average Bonchev–Trinajstić information content (AvgIpc) is 3.26. The van der Waals surface area contributed by atoms with Crippen molar-refractivity contribution < 1.29 is 18.7 Å². The number of ether oxygens (including phenoxy) is 1. The summed E-state index contributed by atoms with van der Waals surface area (Å²) in [6.45, 7) is 6.38. The van der Waals surface area contributed by atoms with Crippen LogP contribution in [0.2, 0.25) is 0 Å². The second-order valence-corrected chi connectivity index (χ2v) is 7.91. The summed E-state index contributed by atoms with van der Waals surface area (Å²) >= 11 is 1.40. The summed E-state index contributed by atoms with van der Waals surface area (Å²) in [4.78, 5) is 25.0. The number of hydrogen-bond donors (Lipinski definition) is 2. The van der Waals surface area contributed by atoms with Gasteiger partial charge in [0.15, 0.2) is 5.16 Å². The molecule has 1 atom stereocenters. The van der Waals surface area contributed by atoms with Gasteiger partial charge in [-0.3, -0.25) is 0 Å². The van der Waals surface area contributed by atoms with E-state index in [1.54, 1.807) is 19.1 Å². The molecule has 10 heteroatoms. The molecule has 158 valence electrons. The summed E-state index contributed by atoms with van der Waals surface area (Å²) in [5, 5.41) is 14.9. The van der Waals surface area contributed by atoms with Gasteiger partial charge in [0.1, 0.15) is 17.6 Å². The van der Waals surface area contributed by atoms with Crippen LogP contribution in [0, 0.1) is 0 Å². The van der Waals surface area contributed by atoms with Crippen molar-refractivity contribution in [3.63, 3.8) is 0 Å². The Balaban J connectivity index is 1.64. The largest absolute Gasteiger partial charge is 0.467 e. The molecule has 2 aromatic rings. The van der Waals surface area contributed by atoms with Crippen molar-refractivity contribution in [1.29, 1.82) is 0 Å². The monoisotopic (exact) mass is 429 g/mol. The van der Waals surface area contributed by atoms with Crippen LogP contribution in [0.1, 0.15) is 43.3 Å². The van der Waals surface area contributed by atoms with E-state index in [0.717, 1.165) is 23.8 Å². The third-order valence-electron chi connectivity index (χ3n) is 4.82. The van der Waals surface area contributed by atoms with Crippen molar-refractivity contribution in [2.24, 2.45) is 0 Å². The lowest BCUT2D eigenvalue weighted by molar-refractivity contribution is -0.139. The van der Waals surface area contributed by atoms with Crippen LogP contribution in [0.5, 0.6) is 0 Å². The van der Waals surface area contributed by atoms with Gasteiger partial charge in [-0.15, -0.1) is 16.8 Å². The zero-order valence-corrected chi connectivity index (χ0v) is 17.4. The van der Waals surface area contributed by atoms with Gasteiger partial charge in [-0.05, 0) is 31.9 Å². The van der Waals surface area contributed by atoms with E-state index in [0.29, 0.717) is 35.2 Å². The number of allylic oxidation sites excluding steroid dienone is 1. The molecule has 0 aromatic carbocycles. The maximum atomic E-state index is 12.7. The topological polar surface area (TPSA) is 111 Å². The Kier molecular flexibility index (Phi) is 5.93. The number of esters is 1. The number of nitrogens with one attached hydrogen (secondary N) is 2. The van der Waals surface area contributed by atoms with Crippen LogP contribution in [-0.4, -0.2) is 39.1 Å². The highest BCUT2D eigenvalue weighted by Gasteiger charge is 2.36. The van der Waals surface area contributed by atoms with Gasteiger partial charge in [0.05, 0.1) is 18.4 Å². The predicted molar refractivity (Wildman–Crippen MR) is 110 cm³/mol. The molecular weight excluding hydrogens is 406 g/mol. The number of furan rings is 1. The third-order valence-corrected chi connectivity index (χ3v) is 5.82. The number of thioether (sulfide) groups is 1. The molecule has 1 fully saturated rings. The quantitative estimate of drug-likeness (QED) is 0.358. The highest BCUT2D eigenvalue weighted by Crippen LogP contribution is 2.40. The Morgan fingerprint density at radius 1 is 1.47 bits per heavy atom. The van der Waals surface area contributed by atoms with Gasteiger partial charge in [0.2, 0.25) is 0 Å². The molecule has 1 aliphatic heterocycles. The predicted octanol–water partition coefficient (Wildman–Crippen LogP) is 2.90. The first-order chi connectivity index (χ1) is 14.6. The highest BCUT2D eigenvalue weighted by molar-refractivity contribution is 7.99. The lowest BCUT2D eigenvalue weighted by Gasteiger charge is -2.27. The average molecular weight is 430 g/mol. The Morgan fingerprint density at radius 3 is 2.97 bits per heavy atom. The molecule has 1 aliphatic carbocycles. The fourth-order valence-corrected chi connectivity index (χ4v) is 4.26. The summed E-state index contributed by atoms with van der Waals surface area (Å²) in [6, 6.07) is 2.28. The van der Waals surface area contributed by atoms with E-state index in [1.807, 2.05) is 10.6 Å². The Bertz CT molecular complexity index is 977. The zero-order chi connectivity index (χ0) is 21.1. The van der Waals surface area contributed by atoms with Crippen LogP contribution in [0.3, 0.4) is 0 Å². The standard InChI is InChI=1S/C20H23N5O4S/c1-3-9-25-17(12-7-8-12)23-24-20(25)30-11-13-15(18(26)28-4-2)16(22-19(27)21-13)14-6-5-10-29-14/h3,5-6,10,12,16H,1,4,7-9,11H2,2H3,(H2,21,22,27). The second-order valence-electron chi connectivity index (χ2n) is 6.96. The summed E-state index contributed by atoms with van der Waals surface area (Å²) in [7, 11) is 0. The highest BCUT2D eigenvalue weighted by atomic mass is 32.2. The number of aromatic nitrogens is 3. The number of hydrogen-bond acceptors (Lipinski definition) is 7. The third kappa shape index (κ3) is 4.13. The number of carbonyl (C=O) groups excluding carboxylic acids is 2. The smallest absolute Gasteiger partial charge is 0.338 e. The first kappa shape index (κ1) is 20.3. The van der Waals surface area contributed by atoms with Crippen molar-refractivity contribution in [3.05, 3.63) is 53.9 Å². The molecule has 2 N–H and O–H groups in total. The van der Waals surface area contributed by atoms with Gasteiger partial charge in [0, 0.05) is 23.9 Å². The molecule has 0 radical (unpaired) electrons. The lowest BCUT2D eigenvalue weighted by atomic mass is 10.0. The van der Waals surface area contributed by atoms with Crippen LogP contribution >= 0.6 is 11.8 Å². The van der Waals surface area contributed by atoms with Crippen molar-refractivity contribution >= 4 is 23.8 Å². The number of nitrogens with zero attached hydrogens (tertiary/aromatic N) is 3. The SMILES string of the molecule is C=CCn1c(SCC2=C(C(=O)OCC)C(c3ccco3)NC(=O)N2)nnc1C1CC1. The minimum absolute atomic E-state index is 0.222. The number of carbonyl (C=O) groups is 2. The van der Waals surface area contributed by atoms with E-state index in [9.17, 15) is 9.59 Å². The lowest BCUT2D eigenvalue weighted by Crippen LogP contribution is -2.46. The number of rotatable bonds is 9. The normalized spacial score (nSPS) is 18.7. The van der Waals surface area contributed by atoms with Crippen LogP contribution in [-0.2, 0) is 16.1 Å². The van der Waals surface area contributed by atoms with Crippen LogP contribution < -0.4 is 10.6 Å². The van der Waals surface area contributed by atoms with Crippen molar-refractivity contribution in [1.82, 2.24) is 25.4 Å². The number of urea groups is 1. The molecule has 3 heterocycles. The van der Waals surface area contributed by atoms with Crippen molar-refractivity contribution in [2.75, 3.05) is 12.4 Å². The van der Waals surface area contributed by atoms with E-state index in [-0.39, 0.29) is 6.61 Å².